The highest BCUT2D eigenvalue weighted by Crippen LogP contribution is 2.09. The molecule has 0 amide bonds. The summed E-state index contributed by atoms with van der Waals surface area (Å²) in [5, 5.41) is 9.89. The van der Waals surface area contributed by atoms with Crippen LogP contribution in [0.2, 0.25) is 0 Å². The van der Waals surface area contributed by atoms with Gasteiger partial charge in [-0.25, -0.2) is 0 Å². The van der Waals surface area contributed by atoms with Crippen molar-refractivity contribution in [3.05, 3.63) is 48.0 Å². The zero-order valence-electron chi connectivity index (χ0n) is 9.48. The molecule has 2 heteroatoms. The number of hydrogen-bond acceptors (Lipinski definition) is 2. The van der Waals surface area contributed by atoms with Crippen molar-refractivity contribution in [2.45, 2.75) is 12.5 Å². The van der Waals surface area contributed by atoms with Gasteiger partial charge in [0, 0.05) is 13.0 Å². The minimum absolute atomic E-state index is 0.449. The Morgan fingerprint density at radius 3 is 2.47 bits per heavy atom. The Labute approximate surface area is 91.9 Å². The fraction of sp³-hybridized carbons (Fsp3) is 0.385. The molecule has 0 radical (unpaired) electrons. The van der Waals surface area contributed by atoms with Crippen molar-refractivity contribution in [1.82, 2.24) is 4.90 Å². The van der Waals surface area contributed by atoms with Gasteiger partial charge in [-0.15, -0.1) is 0 Å². The zero-order valence-corrected chi connectivity index (χ0v) is 9.48. The van der Waals surface area contributed by atoms with Crippen molar-refractivity contribution < 1.29 is 5.11 Å². The van der Waals surface area contributed by atoms with Crippen LogP contribution in [0.1, 0.15) is 5.56 Å². The fourth-order valence-corrected chi connectivity index (χ4v) is 1.49. The van der Waals surface area contributed by atoms with E-state index in [1.165, 1.54) is 0 Å². The molecule has 1 atom stereocenters. The Balaban J connectivity index is 2.49. The summed E-state index contributed by atoms with van der Waals surface area (Å²) in [5.41, 5.74) is 2.01. The molecule has 0 fully saturated rings. The zero-order chi connectivity index (χ0) is 11.3. The third-order valence-corrected chi connectivity index (χ3v) is 2.26. The number of rotatable bonds is 5. The second-order valence-corrected chi connectivity index (χ2v) is 4.10. The standard InChI is InChI=1S/C13H19NO/c1-11(10-14(2)3)13(15)9-12-7-5-4-6-8-12/h4-8,13,15H,1,9-10H2,2-3H3. The average molecular weight is 205 g/mol. The van der Waals surface area contributed by atoms with E-state index < -0.39 is 6.10 Å². The van der Waals surface area contributed by atoms with Crippen LogP contribution in [0.15, 0.2) is 42.5 Å². The second-order valence-electron chi connectivity index (χ2n) is 4.10. The van der Waals surface area contributed by atoms with Gasteiger partial charge in [-0.1, -0.05) is 36.9 Å². The molecule has 1 aromatic carbocycles. The molecule has 0 aliphatic heterocycles. The van der Waals surface area contributed by atoms with Crippen LogP contribution in [-0.2, 0) is 6.42 Å². The van der Waals surface area contributed by atoms with Crippen LogP contribution in [0.5, 0.6) is 0 Å². The van der Waals surface area contributed by atoms with Crippen molar-refractivity contribution in [3.8, 4) is 0 Å². The molecule has 1 unspecified atom stereocenters. The van der Waals surface area contributed by atoms with Gasteiger partial charge in [0.2, 0.25) is 0 Å². The second kappa shape index (κ2) is 5.69. The summed E-state index contributed by atoms with van der Waals surface area (Å²) in [5.74, 6) is 0. The summed E-state index contributed by atoms with van der Waals surface area (Å²) in [6, 6.07) is 9.98. The SMILES string of the molecule is C=C(CN(C)C)C(O)Cc1ccccc1. The average Bonchev–Trinajstić information content (AvgIpc) is 2.18. The highest BCUT2D eigenvalue weighted by atomic mass is 16.3. The van der Waals surface area contributed by atoms with E-state index in [-0.39, 0.29) is 0 Å². The maximum Gasteiger partial charge on any atom is 0.0800 e. The Hall–Kier alpha value is -1.12. The van der Waals surface area contributed by atoms with Crippen molar-refractivity contribution in [1.29, 1.82) is 0 Å². The molecule has 2 nitrogen and oxygen atoms in total. The van der Waals surface area contributed by atoms with Gasteiger partial charge in [-0.2, -0.15) is 0 Å². The Morgan fingerprint density at radius 2 is 1.93 bits per heavy atom. The first-order chi connectivity index (χ1) is 7.09. The quantitative estimate of drug-likeness (QED) is 0.740. The molecule has 1 N–H and O–H groups in total. The normalized spacial score (nSPS) is 12.8. The molecule has 0 aliphatic rings. The van der Waals surface area contributed by atoms with E-state index in [1.807, 2.05) is 49.3 Å². The van der Waals surface area contributed by atoms with Gasteiger partial charge < -0.3 is 10.0 Å². The molecular formula is C13H19NO. The lowest BCUT2D eigenvalue weighted by Crippen LogP contribution is -2.23. The molecule has 0 saturated heterocycles. The largest absolute Gasteiger partial charge is 0.388 e. The summed E-state index contributed by atoms with van der Waals surface area (Å²) >= 11 is 0. The number of nitrogens with zero attached hydrogens (tertiary/aromatic N) is 1. The first kappa shape index (κ1) is 12.0. The van der Waals surface area contributed by atoms with Crippen molar-refractivity contribution in [2.24, 2.45) is 0 Å². The third-order valence-electron chi connectivity index (χ3n) is 2.26. The van der Waals surface area contributed by atoms with Gasteiger partial charge in [-0.05, 0) is 25.2 Å². The minimum Gasteiger partial charge on any atom is -0.388 e. The molecule has 1 rings (SSSR count). The van der Waals surface area contributed by atoms with Crippen molar-refractivity contribution >= 4 is 0 Å². The van der Waals surface area contributed by atoms with Crippen LogP contribution in [0, 0.1) is 0 Å². The highest BCUT2D eigenvalue weighted by molar-refractivity contribution is 5.18. The van der Waals surface area contributed by atoms with E-state index in [0.717, 1.165) is 17.7 Å². The Bertz CT molecular complexity index is 306. The maximum atomic E-state index is 9.89. The van der Waals surface area contributed by atoms with E-state index in [1.54, 1.807) is 0 Å². The summed E-state index contributed by atoms with van der Waals surface area (Å²) in [6.07, 6.45) is 0.197. The number of hydrogen-bond donors (Lipinski definition) is 1. The van der Waals surface area contributed by atoms with Crippen molar-refractivity contribution in [2.75, 3.05) is 20.6 Å². The summed E-state index contributed by atoms with van der Waals surface area (Å²) < 4.78 is 0. The lowest BCUT2D eigenvalue weighted by molar-refractivity contribution is 0.201. The fourth-order valence-electron chi connectivity index (χ4n) is 1.49. The molecule has 0 heterocycles. The Kier molecular flexibility index (Phi) is 4.53. The smallest absolute Gasteiger partial charge is 0.0800 e. The molecule has 0 aliphatic carbocycles. The molecule has 82 valence electrons. The number of aliphatic hydroxyl groups is 1. The van der Waals surface area contributed by atoms with E-state index in [4.69, 9.17) is 0 Å². The van der Waals surface area contributed by atoms with Gasteiger partial charge in [0.1, 0.15) is 0 Å². The highest BCUT2D eigenvalue weighted by Gasteiger charge is 2.09. The first-order valence-electron chi connectivity index (χ1n) is 5.14. The number of benzene rings is 1. The van der Waals surface area contributed by atoms with Crippen LogP contribution in [0.25, 0.3) is 0 Å². The van der Waals surface area contributed by atoms with Crippen LogP contribution < -0.4 is 0 Å². The van der Waals surface area contributed by atoms with E-state index in [0.29, 0.717) is 6.42 Å². The summed E-state index contributed by atoms with van der Waals surface area (Å²) in [4.78, 5) is 2.01. The van der Waals surface area contributed by atoms with Gasteiger partial charge in [0.25, 0.3) is 0 Å². The molecule has 0 bridgehead atoms. The van der Waals surface area contributed by atoms with Gasteiger partial charge in [0.05, 0.1) is 6.10 Å². The number of aliphatic hydroxyl groups excluding tert-OH is 1. The monoisotopic (exact) mass is 205 g/mol. The van der Waals surface area contributed by atoms with E-state index in [2.05, 4.69) is 6.58 Å². The lowest BCUT2D eigenvalue weighted by atomic mass is 10.0. The summed E-state index contributed by atoms with van der Waals surface area (Å²) in [6.45, 7) is 4.63. The number of likely N-dealkylation sites (N-methyl/N-ethyl adjacent to an activating group) is 1. The molecular weight excluding hydrogens is 186 g/mol. The third kappa shape index (κ3) is 4.28. The molecule has 0 aromatic heterocycles. The molecule has 15 heavy (non-hydrogen) atoms. The minimum atomic E-state index is -0.449. The summed E-state index contributed by atoms with van der Waals surface area (Å²) in [7, 11) is 3.95. The predicted octanol–water partition coefficient (Wildman–Crippen LogP) is 1.71. The van der Waals surface area contributed by atoms with Crippen molar-refractivity contribution in [3.63, 3.8) is 0 Å². The first-order valence-corrected chi connectivity index (χ1v) is 5.14. The molecule has 1 aromatic rings. The molecule has 0 spiro atoms. The van der Waals surface area contributed by atoms with Crippen LogP contribution in [0.4, 0.5) is 0 Å². The van der Waals surface area contributed by atoms with Gasteiger partial charge in [-0.3, -0.25) is 0 Å². The lowest BCUT2D eigenvalue weighted by Gasteiger charge is -2.17. The van der Waals surface area contributed by atoms with Gasteiger partial charge >= 0.3 is 0 Å². The predicted molar refractivity (Wildman–Crippen MR) is 63.8 cm³/mol. The van der Waals surface area contributed by atoms with Crippen LogP contribution in [0.3, 0.4) is 0 Å². The Morgan fingerprint density at radius 1 is 1.33 bits per heavy atom. The topological polar surface area (TPSA) is 23.5 Å². The van der Waals surface area contributed by atoms with Crippen LogP contribution >= 0.6 is 0 Å². The van der Waals surface area contributed by atoms with E-state index >= 15 is 0 Å². The van der Waals surface area contributed by atoms with Gasteiger partial charge in [0.15, 0.2) is 0 Å². The molecule has 0 saturated carbocycles. The maximum absolute atomic E-state index is 9.89. The van der Waals surface area contributed by atoms with Crippen LogP contribution in [-0.4, -0.2) is 36.8 Å². The van der Waals surface area contributed by atoms with E-state index in [9.17, 15) is 5.11 Å².